The lowest BCUT2D eigenvalue weighted by Gasteiger charge is -2.26. The number of pyridine rings is 1. The summed E-state index contributed by atoms with van der Waals surface area (Å²) in [5.74, 6) is -1.32. The standard InChI is InChI=1S/C29H27N3O3/c1-29(2,17-24(30)28(34)35)27(33)23-14-8-15-25(32-18-20-11-5-6-16-31-20)26(23)22-13-7-10-19-9-3-4-12-21(19)22/h3-16,18,24H,17,30H2,1-2H3,(H,34,35)/t24-/m0/s1. The average Bonchev–Trinajstić information content (AvgIpc) is 2.86. The highest BCUT2D eigenvalue weighted by atomic mass is 16.4. The summed E-state index contributed by atoms with van der Waals surface area (Å²) < 4.78 is 0. The Bertz CT molecular complexity index is 1410. The Labute approximate surface area is 204 Å². The number of Topliss-reactive ketones (excluding diaryl/α,β-unsaturated/α-hetero) is 1. The van der Waals surface area contributed by atoms with Gasteiger partial charge >= 0.3 is 5.97 Å². The normalized spacial score (nSPS) is 12.7. The van der Waals surface area contributed by atoms with Crippen molar-refractivity contribution in [2.75, 3.05) is 0 Å². The van der Waals surface area contributed by atoms with Crippen LogP contribution in [0.3, 0.4) is 0 Å². The molecular formula is C29H27N3O3. The van der Waals surface area contributed by atoms with Crippen molar-refractivity contribution in [1.82, 2.24) is 4.98 Å². The Morgan fingerprint density at radius 1 is 1.00 bits per heavy atom. The number of nitrogens with zero attached hydrogens (tertiary/aromatic N) is 2. The number of rotatable bonds is 8. The first kappa shape index (κ1) is 24.0. The summed E-state index contributed by atoms with van der Waals surface area (Å²) in [6.45, 7) is 3.46. The van der Waals surface area contributed by atoms with Crippen LogP contribution in [0, 0.1) is 5.41 Å². The minimum Gasteiger partial charge on any atom is -0.480 e. The molecule has 0 saturated heterocycles. The van der Waals surface area contributed by atoms with Crippen LogP contribution in [0.4, 0.5) is 5.69 Å². The van der Waals surface area contributed by atoms with E-state index in [0.29, 0.717) is 22.5 Å². The van der Waals surface area contributed by atoms with Crippen LogP contribution in [-0.2, 0) is 4.79 Å². The molecule has 35 heavy (non-hydrogen) atoms. The molecule has 1 heterocycles. The zero-order chi connectivity index (χ0) is 25.0. The summed E-state index contributed by atoms with van der Waals surface area (Å²) in [6.07, 6.45) is 3.38. The lowest BCUT2D eigenvalue weighted by molar-refractivity contribution is -0.139. The Hall–Kier alpha value is -4.16. The van der Waals surface area contributed by atoms with E-state index in [1.165, 1.54) is 0 Å². The molecule has 176 valence electrons. The molecule has 0 aliphatic carbocycles. The predicted octanol–water partition coefficient (Wildman–Crippen LogP) is 5.66. The topological polar surface area (TPSA) is 106 Å². The number of nitrogens with two attached hydrogens (primary N) is 1. The van der Waals surface area contributed by atoms with E-state index in [4.69, 9.17) is 10.7 Å². The molecule has 0 fully saturated rings. The van der Waals surface area contributed by atoms with Gasteiger partial charge in [0, 0.05) is 22.7 Å². The van der Waals surface area contributed by atoms with Crippen LogP contribution in [0.5, 0.6) is 0 Å². The molecule has 0 unspecified atom stereocenters. The minimum atomic E-state index is -1.14. The lowest BCUT2D eigenvalue weighted by Crippen LogP contribution is -2.38. The van der Waals surface area contributed by atoms with Gasteiger partial charge < -0.3 is 10.8 Å². The molecule has 0 bridgehead atoms. The van der Waals surface area contributed by atoms with Crippen molar-refractivity contribution in [3.05, 3.63) is 96.3 Å². The summed E-state index contributed by atoms with van der Waals surface area (Å²) in [7, 11) is 0. The largest absolute Gasteiger partial charge is 0.480 e. The van der Waals surface area contributed by atoms with E-state index in [0.717, 1.165) is 16.3 Å². The van der Waals surface area contributed by atoms with Crippen LogP contribution in [0.2, 0.25) is 0 Å². The van der Waals surface area contributed by atoms with Gasteiger partial charge in [0.05, 0.1) is 17.6 Å². The van der Waals surface area contributed by atoms with Crippen LogP contribution >= 0.6 is 0 Å². The predicted molar refractivity (Wildman–Crippen MR) is 139 cm³/mol. The van der Waals surface area contributed by atoms with E-state index in [9.17, 15) is 14.7 Å². The molecule has 0 amide bonds. The number of carboxylic acids is 1. The highest BCUT2D eigenvalue weighted by Gasteiger charge is 2.34. The highest BCUT2D eigenvalue weighted by molar-refractivity contribution is 6.11. The molecule has 3 N–H and O–H groups in total. The Balaban J connectivity index is 1.91. The molecule has 6 heteroatoms. The van der Waals surface area contributed by atoms with Gasteiger partial charge in [-0.15, -0.1) is 0 Å². The zero-order valence-electron chi connectivity index (χ0n) is 19.7. The number of aromatic nitrogens is 1. The van der Waals surface area contributed by atoms with Crippen molar-refractivity contribution in [3.8, 4) is 11.1 Å². The van der Waals surface area contributed by atoms with Gasteiger partial charge in [0.1, 0.15) is 6.04 Å². The van der Waals surface area contributed by atoms with Crippen molar-refractivity contribution >= 4 is 34.4 Å². The molecule has 3 aromatic carbocycles. The number of aliphatic carboxylic acids is 1. The molecule has 4 rings (SSSR count). The van der Waals surface area contributed by atoms with Gasteiger partial charge in [-0.3, -0.25) is 19.6 Å². The fourth-order valence-corrected chi connectivity index (χ4v) is 4.25. The van der Waals surface area contributed by atoms with Crippen LogP contribution < -0.4 is 5.73 Å². The Kier molecular flexibility index (Phi) is 6.85. The molecule has 4 aromatic rings. The number of aliphatic imine (C=N–C) groups is 1. The molecular weight excluding hydrogens is 438 g/mol. The number of benzene rings is 3. The van der Waals surface area contributed by atoms with Crippen LogP contribution in [0.1, 0.15) is 36.3 Å². The SMILES string of the molecule is CC(C)(C[C@H](N)C(=O)O)C(=O)c1cccc(N=Cc2ccccn2)c1-c1cccc2ccccc12. The molecule has 0 saturated carbocycles. The third kappa shape index (κ3) is 5.18. The number of carbonyl (C=O) groups is 2. The first-order valence-corrected chi connectivity index (χ1v) is 11.4. The zero-order valence-corrected chi connectivity index (χ0v) is 19.7. The molecule has 0 aliphatic heterocycles. The maximum atomic E-state index is 13.9. The number of carboxylic acid groups (broad SMARTS) is 1. The number of carbonyl (C=O) groups excluding carboxylic acids is 1. The fraction of sp³-hybridized carbons (Fsp3) is 0.172. The van der Waals surface area contributed by atoms with Crippen molar-refractivity contribution in [2.45, 2.75) is 26.3 Å². The maximum absolute atomic E-state index is 13.9. The second-order valence-corrected chi connectivity index (χ2v) is 9.10. The third-order valence-corrected chi connectivity index (χ3v) is 6.03. The van der Waals surface area contributed by atoms with Crippen LogP contribution in [0.25, 0.3) is 21.9 Å². The van der Waals surface area contributed by atoms with Gasteiger partial charge in [-0.05, 0) is 41.0 Å². The van der Waals surface area contributed by atoms with E-state index in [1.54, 1.807) is 38.4 Å². The van der Waals surface area contributed by atoms with E-state index in [-0.39, 0.29) is 12.2 Å². The summed E-state index contributed by atoms with van der Waals surface area (Å²) in [5, 5.41) is 11.3. The molecule has 0 spiro atoms. The molecule has 0 radical (unpaired) electrons. The second-order valence-electron chi connectivity index (χ2n) is 9.10. The molecule has 0 aliphatic rings. The molecule has 6 nitrogen and oxygen atoms in total. The van der Waals surface area contributed by atoms with E-state index in [1.807, 2.05) is 66.7 Å². The van der Waals surface area contributed by atoms with Crippen molar-refractivity contribution in [3.63, 3.8) is 0 Å². The molecule has 1 aromatic heterocycles. The van der Waals surface area contributed by atoms with Gasteiger partial charge in [0.15, 0.2) is 5.78 Å². The Morgan fingerprint density at radius 3 is 2.46 bits per heavy atom. The first-order chi connectivity index (χ1) is 16.8. The molecule has 1 atom stereocenters. The van der Waals surface area contributed by atoms with E-state index < -0.39 is 17.4 Å². The number of hydrogen-bond donors (Lipinski definition) is 2. The van der Waals surface area contributed by atoms with Crippen molar-refractivity contribution < 1.29 is 14.7 Å². The van der Waals surface area contributed by atoms with Gasteiger partial charge in [-0.25, -0.2) is 0 Å². The Morgan fingerprint density at radius 2 is 1.71 bits per heavy atom. The van der Waals surface area contributed by atoms with Crippen molar-refractivity contribution in [2.24, 2.45) is 16.1 Å². The van der Waals surface area contributed by atoms with Gasteiger partial charge in [0.25, 0.3) is 0 Å². The first-order valence-electron chi connectivity index (χ1n) is 11.4. The van der Waals surface area contributed by atoms with E-state index in [2.05, 4.69) is 4.98 Å². The van der Waals surface area contributed by atoms with Gasteiger partial charge in [-0.2, -0.15) is 0 Å². The van der Waals surface area contributed by atoms with Crippen LogP contribution in [0.15, 0.2) is 90.1 Å². The number of hydrogen-bond acceptors (Lipinski definition) is 5. The van der Waals surface area contributed by atoms with E-state index >= 15 is 0 Å². The maximum Gasteiger partial charge on any atom is 0.320 e. The second kappa shape index (κ2) is 9.99. The van der Waals surface area contributed by atoms with Gasteiger partial charge in [0.2, 0.25) is 0 Å². The number of ketones is 1. The highest BCUT2D eigenvalue weighted by Crippen LogP contribution is 2.41. The van der Waals surface area contributed by atoms with Gasteiger partial charge in [-0.1, -0.05) is 74.5 Å². The van der Waals surface area contributed by atoms with Crippen molar-refractivity contribution in [1.29, 1.82) is 0 Å². The average molecular weight is 466 g/mol. The monoisotopic (exact) mass is 465 g/mol. The quantitative estimate of drug-likeness (QED) is 0.258. The number of fused-ring (bicyclic) bond motifs is 1. The summed E-state index contributed by atoms with van der Waals surface area (Å²) in [6, 6.07) is 23.8. The smallest absolute Gasteiger partial charge is 0.320 e. The fourth-order valence-electron chi connectivity index (χ4n) is 4.25. The van der Waals surface area contributed by atoms with Crippen LogP contribution in [-0.4, -0.2) is 34.1 Å². The summed E-state index contributed by atoms with van der Waals surface area (Å²) in [5.41, 5.74) is 8.16. The lowest BCUT2D eigenvalue weighted by atomic mass is 9.77. The minimum absolute atomic E-state index is 0.0115. The summed E-state index contributed by atoms with van der Waals surface area (Å²) in [4.78, 5) is 34.3. The third-order valence-electron chi connectivity index (χ3n) is 6.03. The summed E-state index contributed by atoms with van der Waals surface area (Å²) >= 11 is 0.